The van der Waals surface area contributed by atoms with E-state index in [4.69, 9.17) is 5.73 Å². The standard InChI is InChI=1S/C6H9N3O3/c1-4(3-5(7)10)8-9-6(11)12-2/h3H,1-2H3,(H2,7,10). The van der Waals surface area contributed by atoms with Gasteiger partial charge in [-0.2, -0.15) is 0 Å². The number of nitrogens with two attached hydrogens (primary N) is 1. The molecule has 0 heterocycles. The molecule has 0 rings (SSSR count). The lowest BCUT2D eigenvalue weighted by Crippen LogP contribution is -2.06. The molecule has 6 nitrogen and oxygen atoms in total. The highest BCUT2D eigenvalue weighted by Crippen LogP contribution is 1.95. The topological polar surface area (TPSA) is 94.1 Å². The predicted molar refractivity (Wildman–Crippen MR) is 40.2 cm³/mol. The van der Waals surface area contributed by atoms with Crippen LogP contribution < -0.4 is 5.73 Å². The van der Waals surface area contributed by atoms with Crippen molar-refractivity contribution in [3.05, 3.63) is 11.8 Å². The summed E-state index contributed by atoms with van der Waals surface area (Å²) in [4.78, 5) is 20.6. The Balaban J connectivity index is 4.17. The highest BCUT2D eigenvalue weighted by molar-refractivity contribution is 5.86. The van der Waals surface area contributed by atoms with Crippen LogP contribution in [0.2, 0.25) is 0 Å². The second-order valence-corrected chi connectivity index (χ2v) is 1.86. The van der Waals surface area contributed by atoms with Crippen molar-refractivity contribution in [2.24, 2.45) is 16.0 Å². The molecule has 0 aromatic heterocycles. The Morgan fingerprint density at radius 1 is 1.42 bits per heavy atom. The minimum atomic E-state index is -0.827. The van der Waals surface area contributed by atoms with Crippen molar-refractivity contribution >= 4 is 12.0 Å². The normalized spacial score (nSPS) is 11.7. The minimum absolute atomic E-state index is 0.243. The molecular formula is C6H9N3O3. The summed E-state index contributed by atoms with van der Waals surface area (Å²) in [5.41, 5.74) is 5.04. The summed E-state index contributed by atoms with van der Waals surface area (Å²) in [5.74, 6) is -0.642. The Hall–Kier alpha value is -1.72. The Morgan fingerprint density at radius 2 is 2.00 bits per heavy atom. The fourth-order valence-electron chi connectivity index (χ4n) is 0.395. The number of primary amides is 1. The van der Waals surface area contributed by atoms with Gasteiger partial charge in [-0.3, -0.25) is 4.79 Å². The number of methoxy groups -OCH3 is 1. The molecule has 0 aromatic rings. The number of rotatable bonds is 2. The summed E-state index contributed by atoms with van der Waals surface area (Å²) >= 11 is 0. The molecule has 12 heavy (non-hydrogen) atoms. The first kappa shape index (κ1) is 10.3. The average Bonchev–Trinajstić information content (AvgIpc) is 1.99. The number of hydrogen-bond acceptors (Lipinski definition) is 4. The second-order valence-electron chi connectivity index (χ2n) is 1.86. The molecule has 0 atom stereocenters. The molecule has 0 aliphatic rings. The minimum Gasteiger partial charge on any atom is -0.450 e. The lowest BCUT2D eigenvalue weighted by Gasteiger charge is -1.88. The van der Waals surface area contributed by atoms with Gasteiger partial charge in [-0.25, -0.2) is 4.79 Å². The molecule has 2 N–H and O–H groups in total. The number of amides is 2. The number of carbonyl (C=O) groups is 2. The number of azo groups is 1. The van der Waals surface area contributed by atoms with Gasteiger partial charge in [0.05, 0.1) is 12.8 Å². The molecule has 0 unspecified atom stereocenters. The summed E-state index contributed by atoms with van der Waals surface area (Å²) in [7, 11) is 1.18. The van der Waals surface area contributed by atoms with E-state index in [0.717, 1.165) is 6.08 Å². The van der Waals surface area contributed by atoms with E-state index in [2.05, 4.69) is 15.0 Å². The summed E-state index contributed by atoms with van der Waals surface area (Å²) in [5, 5.41) is 6.43. The molecule has 6 heteroatoms. The first-order valence-corrected chi connectivity index (χ1v) is 3.03. The zero-order chi connectivity index (χ0) is 9.56. The van der Waals surface area contributed by atoms with E-state index in [0.29, 0.717) is 0 Å². The summed E-state index contributed by atoms with van der Waals surface area (Å²) in [6.07, 6.45) is 0.221. The number of allylic oxidation sites excluding steroid dienone is 1. The zero-order valence-corrected chi connectivity index (χ0v) is 6.77. The molecule has 0 radical (unpaired) electrons. The Labute approximate surface area is 69.1 Å². The van der Waals surface area contributed by atoms with Crippen LogP contribution in [0.1, 0.15) is 6.92 Å². The second kappa shape index (κ2) is 5.00. The number of carbonyl (C=O) groups excluding carboxylic acids is 2. The smallest absolute Gasteiger partial charge is 0.450 e. The van der Waals surface area contributed by atoms with E-state index in [1.807, 2.05) is 0 Å². The van der Waals surface area contributed by atoms with Crippen molar-refractivity contribution in [3.63, 3.8) is 0 Å². The molecule has 0 aromatic carbocycles. The van der Waals surface area contributed by atoms with Gasteiger partial charge in [0.15, 0.2) is 0 Å². The van der Waals surface area contributed by atoms with Crippen LogP contribution in [-0.4, -0.2) is 19.1 Å². The third-order valence-electron chi connectivity index (χ3n) is 0.815. The first-order chi connectivity index (χ1) is 5.56. The van der Waals surface area contributed by atoms with E-state index in [9.17, 15) is 9.59 Å². The van der Waals surface area contributed by atoms with Gasteiger partial charge >= 0.3 is 6.09 Å². The molecule has 0 saturated carbocycles. The van der Waals surface area contributed by atoms with Gasteiger partial charge in [0.1, 0.15) is 0 Å². The molecule has 0 bridgehead atoms. The number of hydrogen-bond donors (Lipinski definition) is 1. The zero-order valence-electron chi connectivity index (χ0n) is 6.77. The number of ether oxygens (including phenoxy) is 1. The van der Waals surface area contributed by atoms with Crippen LogP contribution in [0, 0.1) is 0 Å². The Kier molecular flexibility index (Phi) is 4.28. The molecule has 0 spiro atoms. The van der Waals surface area contributed by atoms with Crippen LogP contribution in [0.3, 0.4) is 0 Å². The van der Waals surface area contributed by atoms with Gasteiger partial charge in [0.2, 0.25) is 5.91 Å². The van der Waals surface area contributed by atoms with Gasteiger partial charge in [0, 0.05) is 6.08 Å². The average molecular weight is 171 g/mol. The van der Waals surface area contributed by atoms with Crippen LogP contribution >= 0.6 is 0 Å². The monoisotopic (exact) mass is 171 g/mol. The first-order valence-electron chi connectivity index (χ1n) is 3.03. The van der Waals surface area contributed by atoms with Crippen LogP contribution in [-0.2, 0) is 9.53 Å². The van der Waals surface area contributed by atoms with E-state index < -0.39 is 12.0 Å². The summed E-state index contributed by atoms with van der Waals surface area (Å²) in [6.45, 7) is 1.48. The Morgan fingerprint density at radius 3 is 2.42 bits per heavy atom. The maximum absolute atomic E-state index is 10.4. The third kappa shape index (κ3) is 5.10. The highest BCUT2D eigenvalue weighted by Gasteiger charge is 1.94. The van der Waals surface area contributed by atoms with Crippen LogP contribution in [0.15, 0.2) is 22.0 Å². The Bertz CT molecular complexity index is 244. The van der Waals surface area contributed by atoms with Gasteiger partial charge in [-0.05, 0) is 6.92 Å². The van der Waals surface area contributed by atoms with Gasteiger partial charge < -0.3 is 10.5 Å². The van der Waals surface area contributed by atoms with Crippen LogP contribution in [0.4, 0.5) is 4.79 Å². The quantitative estimate of drug-likeness (QED) is 0.486. The lowest BCUT2D eigenvalue weighted by molar-refractivity contribution is -0.113. The molecular weight excluding hydrogens is 162 g/mol. The maximum atomic E-state index is 10.4. The van der Waals surface area contributed by atoms with Crippen molar-refractivity contribution < 1.29 is 14.3 Å². The fraction of sp³-hybridized carbons (Fsp3) is 0.333. The van der Waals surface area contributed by atoms with Crippen molar-refractivity contribution in [1.29, 1.82) is 0 Å². The van der Waals surface area contributed by atoms with E-state index in [1.54, 1.807) is 0 Å². The van der Waals surface area contributed by atoms with Crippen molar-refractivity contribution in [1.82, 2.24) is 0 Å². The van der Waals surface area contributed by atoms with Gasteiger partial charge in [-0.1, -0.05) is 5.11 Å². The largest absolute Gasteiger partial charge is 0.452 e. The van der Waals surface area contributed by atoms with Crippen LogP contribution in [0.5, 0.6) is 0 Å². The van der Waals surface area contributed by atoms with E-state index in [-0.39, 0.29) is 5.70 Å². The molecule has 0 aliphatic heterocycles. The fourth-order valence-corrected chi connectivity index (χ4v) is 0.395. The van der Waals surface area contributed by atoms with Crippen molar-refractivity contribution in [2.45, 2.75) is 6.92 Å². The predicted octanol–water partition coefficient (Wildman–Crippen LogP) is 0.594. The number of nitrogens with zero attached hydrogens (tertiary/aromatic N) is 2. The summed E-state index contributed by atoms with van der Waals surface area (Å²) in [6, 6.07) is 0. The van der Waals surface area contributed by atoms with E-state index in [1.165, 1.54) is 14.0 Å². The SMILES string of the molecule is COC(=O)N=NC(C)=CC(N)=O. The highest BCUT2D eigenvalue weighted by atomic mass is 16.5. The molecule has 0 fully saturated rings. The molecule has 66 valence electrons. The molecule has 0 aliphatic carbocycles. The van der Waals surface area contributed by atoms with E-state index >= 15 is 0 Å². The summed E-state index contributed by atoms with van der Waals surface area (Å²) < 4.78 is 4.16. The third-order valence-corrected chi connectivity index (χ3v) is 0.815. The van der Waals surface area contributed by atoms with Crippen LogP contribution in [0.25, 0.3) is 0 Å². The van der Waals surface area contributed by atoms with Crippen molar-refractivity contribution in [3.8, 4) is 0 Å². The molecule has 2 amide bonds. The maximum Gasteiger partial charge on any atom is 0.452 e. The van der Waals surface area contributed by atoms with Gasteiger partial charge in [-0.15, -0.1) is 5.11 Å². The lowest BCUT2D eigenvalue weighted by atomic mass is 10.4. The van der Waals surface area contributed by atoms with Crippen molar-refractivity contribution in [2.75, 3.05) is 7.11 Å². The van der Waals surface area contributed by atoms with Gasteiger partial charge in [0.25, 0.3) is 0 Å². The molecule has 0 saturated heterocycles.